The van der Waals surface area contributed by atoms with Crippen molar-refractivity contribution >= 4 is 5.91 Å². The molecule has 2 rings (SSSR count). The Morgan fingerprint density at radius 3 is 2.74 bits per heavy atom. The minimum Gasteiger partial charge on any atom is -0.394 e. The summed E-state index contributed by atoms with van der Waals surface area (Å²) in [6, 6.07) is 0. The third-order valence-electron chi connectivity index (χ3n) is 4.55. The number of hydrogen-bond acceptors (Lipinski definition) is 4. The van der Waals surface area contributed by atoms with Crippen LogP contribution in [-0.2, 0) is 9.53 Å². The number of carbonyl (C=O) groups excluding carboxylic acids is 1. The molecule has 2 aliphatic rings. The van der Waals surface area contributed by atoms with Gasteiger partial charge in [0.15, 0.2) is 0 Å². The van der Waals surface area contributed by atoms with E-state index in [1.165, 1.54) is 0 Å². The largest absolute Gasteiger partial charge is 0.394 e. The lowest BCUT2D eigenvalue weighted by atomic mass is 9.82. The fraction of sp³-hybridized carbons (Fsp3) is 0.929. The van der Waals surface area contributed by atoms with Crippen LogP contribution in [0.2, 0.25) is 0 Å². The van der Waals surface area contributed by atoms with Crippen LogP contribution in [0, 0.1) is 5.41 Å². The van der Waals surface area contributed by atoms with Crippen molar-refractivity contribution in [3.8, 4) is 0 Å². The van der Waals surface area contributed by atoms with Crippen LogP contribution in [0.25, 0.3) is 0 Å². The molecule has 0 aromatic rings. The van der Waals surface area contributed by atoms with Crippen molar-refractivity contribution < 1.29 is 14.6 Å². The van der Waals surface area contributed by atoms with Gasteiger partial charge in [-0.1, -0.05) is 6.92 Å². The highest BCUT2D eigenvalue weighted by Gasteiger charge is 2.42. The van der Waals surface area contributed by atoms with Gasteiger partial charge in [-0.2, -0.15) is 0 Å². The van der Waals surface area contributed by atoms with E-state index >= 15 is 0 Å². The second kappa shape index (κ2) is 6.68. The van der Waals surface area contributed by atoms with Crippen LogP contribution in [0.5, 0.6) is 0 Å². The van der Waals surface area contributed by atoms with Gasteiger partial charge in [0.25, 0.3) is 0 Å². The van der Waals surface area contributed by atoms with Gasteiger partial charge in [-0.05, 0) is 32.2 Å². The molecule has 2 saturated heterocycles. The van der Waals surface area contributed by atoms with Gasteiger partial charge >= 0.3 is 0 Å². The number of nitrogens with zero attached hydrogens (tertiary/aromatic N) is 1. The first-order valence-electron chi connectivity index (χ1n) is 7.44. The van der Waals surface area contributed by atoms with Crippen molar-refractivity contribution in [2.45, 2.75) is 38.7 Å². The molecule has 1 unspecified atom stereocenters. The maximum Gasteiger partial charge on any atom is 0.230 e. The van der Waals surface area contributed by atoms with Crippen LogP contribution in [0.4, 0.5) is 0 Å². The van der Waals surface area contributed by atoms with E-state index in [4.69, 9.17) is 9.84 Å². The normalized spacial score (nSPS) is 28.8. The molecule has 1 amide bonds. The van der Waals surface area contributed by atoms with Crippen molar-refractivity contribution in [3.05, 3.63) is 0 Å². The number of ether oxygens (including phenoxy) is 1. The summed E-state index contributed by atoms with van der Waals surface area (Å²) in [5.74, 6) is 0.320. The molecule has 2 N–H and O–H groups in total. The van der Waals surface area contributed by atoms with E-state index in [9.17, 15) is 4.79 Å². The predicted molar refractivity (Wildman–Crippen MR) is 72.9 cm³/mol. The average molecular weight is 270 g/mol. The van der Waals surface area contributed by atoms with E-state index in [-0.39, 0.29) is 18.1 Å². The Bertz CT molecular complexity index is 295. The maximum atomic E-state index is 12.7. The fourth-order valence-electron chi connectivity index (χ4n) is 3.16. The number of piperidine rings is 1. The molecule has 0 aliphatic carbocycles. The Balaban J connectivity index is 1.85. The number of nitrogens with one attached hydrogen (secondary N) is 1. The molecule has 1 atom stereocenters. The van der Waals surface area contributed by atoms with Crippen molar-refractivity contribution in [3.63, 3.8) is 0 Å². The lowest BCUT2D eigenvalue weighted by molar-refractivity contribution is -0.144. The Morgan fingerprint density at radius 2 is 2.21 bits per heavy atom. The zero-order chi connectivity index (χ0) is 13.7. The molecule has 0 aromatic heterocycles. The summed E-state index contributed by atoms with van der Waals surface area (Å²) < 4.78 is 5.54. The van der Waals surface area contributed by atoms with Crippen LogP contribution in [0.3, 0.4) is 0 Å². The van der Waals surface area contributed by atoms with Crippen LogP contribution in [-0.4, -0.2) is 61.4 Å². The van der Waals surface area contributed by atoms with Gasteiger partial charge in [0.1, 0.15) is 0 Å². The van der Waals surface area contributed by atoms with Crippen LogP contribution in [0.1, 0.15) is 32.6 Å². The van der Waals surface area contributed by atoms with Gasteiger partial charge in [-0.25, -0.2) is 0 Å². The topological polar surface area (TPSA) is 61.8 Å². The van der Waals surface area contributed by atoms with E-state index in [0.29, 0.717) is 12.5 Å². The number of aliphatic hydroxyl groups is 1. The third-order valence-corrected chi connectivity index (χ3v) is 4.55. The first-order valence-corrected chi connectivity index (χ1v) is 7.44. The number of hydrogen-bond donors (Lipinski definition) is 2. The molecule has 5 heteroatoms. The van der Waals surface area contributed by atoms with E-state index in [1.54, 1.807) is 0 Å². The quantitative estimate of drug-likeness (QED) is 0.758. The Hall–Kier alpha value is -0.650. The summed E-state index contributed by atoms with van der Waals surface area (Å²) in [6.45, 7) is 5.94. The van der Waals surface area contributed by atoms with Gasteiger partial charge in [-0.15, -0.1) is 0 Å². The maximum absolute atomic E-state index is 12.7. The number of aliphatic hydroxyl groups excluding tert-OH is 1. The van der Waals surface area contributed by atoms with Crippen LogP contribution in [0.15, 0.2) is 0 Å². The van der Waals surface area contributed by atoms with Gasteiger partial charge < -0.3 is 20.1 Å². The zero-order valence-corrected chi connectivity index (χ0v) is 11.9. The Morgan fingerprint density at radius 1 is 1.47 bits per heavy atom. The number of carbonyl (C=O) groups is 1. The summed E-state index contributed by atoms with van der Waals surface area (Å²) in [5.41, 5.74) is -0.168. The molecule has 0 saturated carbocycles. The Labute approximate surface area is 115 Å². The van der Waals surface area contributed by atoms with Gasteiger partial charge in [0.05, 0.1) is 24.7 Å². The lowest BCUT2D eigenvalue weighted by Gasteiger charge is -2.37. The summed E-state index contributed by atoms with van der Waals surface area (Å²) in [4.78, 5) is 14.7. The van der Waals surface area contributed by atoms with Crippen LogP contribution >= 0.6 is 0 Å². The van der Waals surface area contributed by atoms with Gasteiger partial charge in [0, 0.05) is 19.6 Å². The molecule has 2 fully saturated rings. The van der Waals surface area contributed by atoms with Crippen molar-refractivity contribution in [1.82, 2.24) is 10.2 Å². The van der Waals surface area contributed by atoms with Crippen LogP contribution < -0.4 is 5.32 Å². The molecule has 0 radical (unpaired) electrons. The van der Waals surface area contributed by atoms with Gasteiger partial charge in [0.2, 0.25) is 5.91 Å². The molecule has 0 spiro atoms. The minimum absolute atomic E-state index is 0.0732. The molecule has 0 bridgehead atoms. The molecule has 110 valence electrons. The predicted octanol–water partition coefficient (Wildman–Crippen LogP) is 0.376. The van der Waals surface area contributed by atoms with E-state index in [0.717, 1.165) is 51.9 Å². The second-order valence-electron chi connectivity index (χ2n) is 5.65. The highest BCUT2D eigenvalue weighted by molar-refractivity contribution is 5.83. The van der Waals surface area contributed by atoms with Crippen molar-refractivity contribution in [2.24, 2.45) is 5.41 Å². The second-order valence-corrected chi connectivity index (χ2v) is 5.65. The highest BCUT2D eigenvalue weighted by Crippen LogP contribution is 2.32. The summed E-state index contributed by atoms with van der Waals surface area (Å²) in [6.07, 6.45) is 3.86. The molecule has 5 nitrogen and oxygen atoms in total. The summed E-state index contributed by atoms with van der Waals surface area (Å²) in [5, 5.41) is 12.1. The monoisotopic (exact) mass is 270 g/mol. The van der Waals surface area contributed by atoms with Gasteiger partial charge in [-0.3, -0.25) is 4.79 Å². The average Bonchev–Trinajstić information content (AvgIpc) is 2.95. The van der Waals surface area contributed by atoms with E-state index in [1.807, 2.05) is 4.90 Å². The first kappa shape index (κ1) is 14.8. The minimum atomic E-state index is -0.168. The molecular formula is C14H26N2O3. The number of rotatable bonds is 5. The lowest BCUT2D eigenvalue weighted by Crippen LogP contribution is -2.49. The molecular weight excluding hydrogens is 244 g/mol. The molecule has 0 aromatic carbocycles. The van der Waals surface area contributed by atoms with E-state index in [2.05, 4.69) is 12.2 Å². The number of amides is 1. The standard InChI is InChI=1S/C14H26N2O3/c1-2-14(5-6-15-11-14)13(18)16-7-3-12(4-8-16)19-10-9-17/h12,15,17H,2-11H2,1H3. The third kappa shape index (κ3) is 3.27. The van der Waals surface area contributed by atoms with Crippen molar-refractivity contribution in [1.29, 1.82) is 0 Å². The highest BCUT2D eigenvalue weighted by atomic mass is 16.5. The first-order chi connectivity index (χ1) is 9.22. The summed E-state index contributed by atoms with van der Waals surface area (Å²) in [7, 11) is 0. The smallest absolute Gasteiger partial charge is 0.230 e. The van der Waals surface area contributed by atoms with Crippen molar-refractivity contribution in [2.75, 3.05) is 39.4 Å². The fourth-order valence-corrected chi connectivity index (χ4v) is 3.16. The zero-order valence-electron chi connectivity index (χ0n) is 11.9. The molecule has 2 heterocycles. The molecule has 19 heavy (non-hydrogen) atoms. The molecule has 2 aliphatic heterocycles. The number of likely N-dealkylation sites (tertiary alicyclic amines) is 1. The SMILES string of the molecule is CCC1(C(=O)N2CCC(OCCO)CC2)CCNC1. The summed E-state index contributed by atoms with van der Waals surface area (Å²) >= 11 is 0. The Kier molecular flexibility index (Phi) is 5.19. The van der Waals surface area contributed by atoms with E-state index < -0.39 is 0 Å².